The second kappa shape index (κ2) is 6.40. The number of benzene rings is 1. The summed E-state index contributed by atoms with van der Waals surface area (Å²) in [4.78, 5) is 15.3. The lowest BCUT2D eigenvalue weighted by Gasteiger charge is -2.13. The number of aliphatic hydroxyl groups is 1. The van der Waals surface area contributed by atoms with E-state index in [0.29, 0.717) is 11.2 Å². The molecular formula is C12H11F2N3O2S. The molecule has 0 aliphatic rings. The number of hydrogen-bond donors (Lipinski definition) is 3. The SMILES string of the molecule is O=C(NC[C@H](O)c1ccc(F)cc1F)Nc1nccs1. The summed E-state index contributed by atoms with van der Waals surface area (Å²) in [7, 11) is 0. The predicted octanol–water partition coefficient (Wildman–Crippen LogP) is 2.28. The normalized spacial score (nSPS) is 11.9. The third-order valence-electron chi connectivity index (χ3n) is 2.43. The van der Waals surface area contributed by atoms with Crippen LogP contribution in [0.2, 0.25) is 0 Å². The Morgan fingerprint density at radius 2 is 2.25 bits per heavy atom. The van der Waals surface area contributed by atoms with Gasteiger partial charge in [0.1, 0.15) is 11.6 Å². The Morgan fingerprint density at radius 1 is 1.45 bits per heavy atom. The monoisotopic (exact) mass is 299 g/mol. The molecule has 0 fully saturated rings. The summed E-state index contributed by atoms with van der Waals surface area (Å²) in [5, 5.41) is 16.7. The maximum Gasteiger partial charge on any atom is 0.321 e. The first-order valence-corrected chi connectivity index (χ1v) is 6.51. The van der Waals surface area contributed by atoms with Crippen molar-refractivity contribution in [2.75, 3.05) is 11.9 Å². The minimum atomic E-state index is -1.27. The number of carbonyl (C=O) groups excluding carboxylic acids is 1. The molecule has 0 radical (unpaired) electrons. The van der Waals surface area contributed by atoms with Crippen LogP contribution < -0.4 is 10.6 Å². The first kappa shape index (κ1) is 14.4. The molecule has 2 aromatic rings. The number of amides is 2. The van der Waals surface area contributed by atoms with Crippen LogP contribution in [0, 0.1) is 11.6 Å². The zero-order chi connectivity index (χ0) is 14.5. The lowest BCUT2D eigenvalue weighted by molar-refractivity contribution is 0.170. The van der Waals surface area contributed by atoms with E-state index in [-0.39, 0.29) is 12.1 Å². The van der Waals surface area contributed by atoms with Gasteiger partial charge in [-0.05, 0) is 6.07 Å². The zero-order valence-electron chi connectivity index (χ0n) is 10.1. The second-order valence-corrected chi connectivity index (χ2v) is 4.75. The van der Waals surface area contributed by atoms with E-state index in [1.54, 1.807) is 5.38 Å². The molecule has 1 aromatic heterocycles. The molecule has 1 heterocycles. The van der Waals surface area contributed by atoms with Gasteiger partial charge in [-0.15, -0.1) is 11.3 Å². The van der Waals surface area contributed by atoms with Crippen LogP contribution in [-0.4, -0.2) is 22.7 Å². The number of rotatable bonds is 4. The van der Waals surface area contributed by atoms with Crippen molar-refractivity contribution in [1.29, 1.82) is 0 Å². The quantitative estimate of drug-likeness (QED) is 0.811. The Labute approximate surface area is 117 Å². The van der Waals surface area contributed by atoms with E-state index in [9.17, 15) is 18.7 Å². The van der Waals surface area contributed by atoms with Gasteiger partial charge >= 0.3 is 6.03 Å². The minimum absolute atomic E-state index is 0.0825. The molecule has 0 bridgehead atoms. The highest BCUT2D eigenvalue weighted by molar-refractivity contribution is 7.13. The summed E-state index contributed by atoms with van der Waals surface area (Å²) >= 11 is 1.24. The molecule has 0 saturated carbocycles. The van der Waals surface area contributed by atoms with Crippen molar-refractivity contribution >= 4 is 22.5 Å². The average molecular weight is 299 g/mol. The molecule has 8 heteroatoms. The molecule has 2 rings (SSSR count). The highest BCUT2D eigenvalue weighted by Crippen LogP contribution is 2.17. The third-order valence-corrected chi connectivity index (χ3v) is 3.12. The van der Waals surface area contributed by atoms with Gasteiger partial charge in [-0.2, -0.15) is 0 Å². The van der Waals surface area contributed by atoms with Gasteiger partial charge < -0.3 is 10.4 Å². The lowest BCUT2D eigenvalue weighted by Crippen LogP contribution is -2.32. The average Bonchev–Trinajstić information content (AvgIpc) is 2.89. The lowest BCUT2D eigenvalue weighted by atomic mass is 10.1. The molecular weight excluding hydrogens is 288 g/mol. The number of thiazole rings is 1. The standard InChI is InChI=1S/C12H11F2N3O2S/c13-7-1-2-8(9(14)5-7)10(18)6-16-11(19)17-12-15-3-4-20-12/h1-5,10,18H,6H2,(H2,15,16,17,19)/t10-/m0/s1. The molecule has 0 unspecified atom stereocenters. The number of aliphatic hydroxyl groups excluding tert-OH is 1. The maximum absolute atomic E-state index is 13.4. The van der Waals surface area contributed by atoms with Crippen molar-refractivity contribution in [1.82, 2.24) is 10.3 Å². The Morgan fingerprint density at radius 3 is 2.90 bits per heavy atom. The van der Waals surface area contributed by atoms with E-state index in [0.717, 1.165) is 12.1 Å². The number of anilines is 1. The summed E-state index contributed by atoms with van der Waals surface area (Å²) < 4.78 is 26.1. The number of nitrogens with zero attached hydrogens (tertiary/aromatic N) is 1. The van der Waals surface area contributed by atoms with Gasteiger partial charge in [0, 0.05) is 29.8 Å². The van der Waals surface area contributed by atoms with Gasteiger partial charge in [0.15, 0.2) is 5.13 Å². The number of hydrogen-bond acceptors (Lipinski definition) is 4. The van der Waals surface area contributed by atoms with Gasteiger partial charge in [-0.3, -0.25) is 5.32 Å². The molecule has 1 atom stereocenters. The van der Waals surface area contributed by atoms with Crippen LogP contribution in [0.1, 0.15) is 11.7 Å². The van der Waals surface area contributed by atoms with Crippen molar-refractivity contribution in [3.05, 3.63) is 47.0 Å². The summed E-state index contributed by atoms with van der Waals surface area (Å²) in [6, 6.07) is 2.28. The summed E-state index contributed by atoms with van der Waals surface area (Å²) in [6.07, 6.45) is 0.265. The fraction of sp³-hybridized carbons (Fsp3) is 0.167. The second-order valence-electron chi connectivity index (χ2n) is 3.85. The number of aromatic nitrogens is 1. The van der Waals surface area contributed by atoms with Crippen molar-refractivity contribution in [2.24, 2.45) is 0 Å². The van der Waals surface area contributed by atoms with Crippen molar-refractivity contribution in [2.45, 2.75) is 6.10 Å². The number of urea groups is 1. The predicted molar refractivity (Wildman–Crippen MR) is 70.5 cm³/mol. The largest absolute Gasteiger partial charge is 0.386 e. The van der Waals surface area contributed by atoms with Crippen LogP contribution in [0.15, 0.2) is 29.8 Å². The van der Waals surface area contributed by atoms with Gasteiger partial charge in [0.2, 0.25) is 0 Å². The minimum Gasteiger partial charge on any atom is -0.386 e. The summed E-state index contributed by atoms with van der Waals surface area (Å²) in [5.74, 6) is -1.59. The molecule has 106 valence electrons. The Balaban J connectivity index is 1.88. The highest BCUT2D eigenvalue weighted by atomic mass is 32.1. The van der Waals surface area contributed by atoms with Gasteiger partial charge in [0.05, 0.1) is 6.10 Å². The molecule has 0 aliphatic heterocycles. The molecule has 5 nitrogen and oxygen atoms in total. The summed E-state index contributed by atoms with van der Waals surface area (Å²) in [5.41, 5.74) is -0.0825. The van der Waals surface area contributed by atoms with Crippen molar-refractivity contribution in [3.8, 4) is 0 Å². The Hall–Kier alpha value is -2.06. The zero-order valence-corrected chi connectivity index (χ0v) is 11.0. The molecule has 0 spiro atoms. The topological polar surface area (TPSA) is 74.2 Å². The first-order valence-electron chi connectivity index (χ1n) is 5.63. The smallest absolute Gasteiger partial charge is 0.321 e. The van der Waals surface area contributed by atoms with Crippen LogP contribution in [0.3, 0.4) is 0 Å². The van der Waals surface area contributed by atoms with Crippen molar-refractivity contribution < 1.29 is 18.7 Å². The van der Waals surface area contributed by atoms with Gasteiger partial charge in [0.25, 0.3) is 0 Å². The van der Waals surface area contributed by atoms with Crippen LogP contribution in [0.25, 0.3) is 0 Å². The molecule has 0 saturated heterocycles. The number of halogens is 2. The number of carbonyl (C=O) groups is 1. The molecule has 2 amide bonds. The summed E-state index contributed by atoms with van der Waals surface area (Å²) in [6.45, 7) is -0.209. The Bertz CT molecular complexity index is 592. The van der Waals surface area contributed by atoms with Crippen LogP contribution in [-0.2, 0) is 0 Å². The van der Waals surface area contributed by atoms with Crippen molar-refractivity contribution in [3.63, 3.8) is 0 Å². The van der Waals surface area contributed by atoms with Crippen LogP contribution >= 0.6 is 11.3 Å². The van der Waals surface area contributed by atoms with E-state index in [1.807, 2.05) is 0 Å². The first-order chi connectivity index (χ1) is 9.56. The fourth-order valence-electron chi connectivity index (χ4n) is 1.50. The maximum atomic E-state index is 13.4. The Kier molecular flexibility index (Phi) is 4.59. The highest BCUT2D eigenvalue weighted by Gasteiger charge is 2.14. The van der Waals surface area contributed by atoms with E-state index in [2.05, 4.69) is 15.6 Å². The van der Waals surface area contributed by atoms with E-state index in [4.69, 9.17) is 0 Å². The molecule has 3 N–H and O–H groups in total. The fourth-order valence-corrected chi connectivity index (χ4v) is 2.02. The van der Waals surface area contributed by atoms with E-state index in [1.165, 1.54) is 17.5 Å². The van der Waals surface area contributed by atoms with Gasteiger partial charge in [-0.25, -0.2) is 18.6 Å². The van der Waals surface area contributed by atoms with E-state index >= 15 is 0 Å². The van der Waals surface area contributed by atoms with E-state index < -0.39 is 23.8 Å². The van der Waals surface area contributed by atoms with Crippen LogP contribution in [0.5, 0.6) is 0 Å². The molecule has 20 heavy (non-hydrogen) atoms. The molecule has 1 aromatic carbocycles. The number of nitrogens with one attached hydrogen (secondary N) is 2. The van der Waals surface area contributed by atoms with Crippen LogP contribution in [0.4, 0.5) is 18.7 Å². The van der Waals surface area contributed by atoms with Gasteiger partial charge in [-0.1, -0.05) is 6.07 Å². The molecule has 0 aliphatic carbocycles. The third kappa shape index (κ3) is 3.72.